The minimum absolute atomic E-state index is 0.112. The SMILES string of the molecule is CNCc1ccc(CS(=O)(=O)N2CCC(C)CC2)cc1. The molecule has 112 valence electrons. The van der Waals surface area contributed by atoms with Gasteiger partial charge in [-0.15, -0.1) is 0 Å². The van der Waals surface area contributed by atoms with Crippen LogP contribution >= 0.6 is 0 Å². The molecule has 5 heteroatoms. The second-order valence-corrected chi connectivity index (χ2v) is 7.65. The number of nitrogens with zero attached hydrogens (tertiary/aromatic N) is 1. The summed E-state index contributed by atoms with van der Waals surface area (Å²) in [5.74, 6) is 0.753. The fraction of sp³-hybridized carbons (Fsp3) is 0.600. The number of hydrogen-bond acceptors (Lipinski definition) is 3. The Hall–Kier alpha value is -0.910. The molecule has 1 aromatic carbocycles. The van der Waals surface area contributed by atoms with Crippen LogP contribution in [0.2, 0.25) is 0 Å². The zero-order valence-electron chi connectivity index (χ0n) is 12.3. The molecule has 20 heavy (non-hydrogen) atoms. The molecule has 1 heterocycles. The Morgan fingerprint density at radius 2 is 1.70 bits per heavy atom. The fourth-order valence-corrected chi connectivity index (χ4v) is 4.09. The first-order valence-electron chi connectivity index (χ1n) is 7.21. The molecule has 0 unspecified atom stereocenters. The van der Waals surface area contributed by atoms with Crippen molar-refractivity contribution in [3.63, 3.8) is 0 Å². The van der Waals surface area contributed by atoms with Crippen molar-refractivity contribution in [1.29, 1.82) is 0 Å². The number of hydrogen-bond donors (Lipinski definition) is 1. The van der Waals surface area contributed by atoms with Gasteiger partial charge in [0.1, 0.15) is 0 Å². The van der Waals surface area contributed by atoms with E-state index in [4.69, 9.17) is 0 Å². The van der Waals surface area contributed by atoms with E-state index in [2.05, 4.69) is 12.2 Å². The summed E-state index contributed by atoms with van der Waals surface area (Å²) in [6.45, 7) is 4.32. The van der Waals surface area contributed by atoms with Crippen molar-refractivity contribution >= 4 is 10.0 Å². The predicted octanol–water partition coefficient (Wildman–Crippen LogP) is 1.97. The van der Waals surface area contributed by atoms with Crippen LogP contribution in [0.1, 0.15) is 30.9 Å². The van der Waals surface area contributed by atoms with Gasteiger partial charge in [0.25, 0.3) is 0 Å². The third-order valence-electron chi connectivity index (χ3n) is 3.89. The van der Waals surface area contributed by atoms with Gasteiger partial charge in [-0.05, 0) is 36.9 Å². The van der Waals surface area contributed by atoms with E-state index >= 15 is 0 Å². The predicted molar refractivity (Wildman–Crippen MR) is 81.8 cm³/mol. The lowest BCUT2D eigenvalue weighted by molar-refractivity contribution is 0.287. The highest BCUT2D eigenvalue weighted by Crippen LogP contribution is 2.21. The monoisotopic (exact) mass is 296 g/mol. The highest BCUT2D eigenvalue weighted by Gasteiger charge is 2.26. The van der Waals surface area contributed by atoms with Gasteiger partial charge in [0.05, 0.1) is 5.75 Å². The van der Waals surface area contributed by atoms with Crippen LogP contribution in [0.3, 0.4) is 0 Å². The van der Waals surface area contributed by atoms with E-state index in [9.17, 15) is 8.42 Å². The molecule has 0 aliphatic carbocycles. The molecular weight excluding hydrogens is 272 g/mol. The van der Waals surface area contributed by atoms with E-state index in [1.165, 1.54) is 5.56 Å². The molecule has 0 radical (unpaired) electrons. The summed E-state index contributed by atoms with van der Waals surface area (Å²) in [6.07, 6.45) is 1.95. The van der Waals surface area contributed by atoms with Gasteiger partial charge in [-0.25, -0.2) is 12.7 Å². The molecule has 0 saturated carbocycles. The van der Waals surface area contributed by atoms with Crippen LogP contribution in [0.5, 0.6) is 0 Å². The van der Waals surface area contributed by atoms with Crippen molar-refractivity contribution in [3.05, 3.63) is 35.4 Å². The van der Waals surface area contributed by atoms with Gasteiger partial charge >= 0.3 is 0 Å². The topological polar surface area (TPSA) is 49.4 Å². The van der Waals surface area contributed by atoms with E-state index in [1.807, 2.05) is 31.3 Å². The Balaban J connectivity index is 2.00. The van der Waals surface area contributed by atoms with Crippen LogP contribution in [0.4, 0.5) is 0 Å². The summed E-state index contributed by atoms with van der Waals surface area (Å²) in [4.78, 5) is 0. The first kappa shape index (κ1) is 15.5. The van der Waals surface area contributed by atoms with Gasteiger partial charge in [-0.2, -0.15) is 0 Å². The standard InChI is InChI=1S/C15H24N2O2S/c1-13-7-9-17(10-8-13)20(18,19)12-15-5-3-14(4-6-15)11-16-2/h3-6,13,16H,7-12H2,1-2H3. The largest absolute Gasteiger partial charge is 0.316 e. The normalized spacial score (nSPS) is 18.3. The molecule has 4 nitrogen and oxygen atoms in total. The molecule has 0 amide bonds. The molecule has 1 saturated heterocycles. The van der Waals surface area contributed by atoms with Crippen molar-refractivity contribution in [1.82, 2.24) is 9.62 Å². The maximum Gasteiger partial charge on any atom is 0.218 e. The Kier molecular flexibility index (Phi) is 5.18. The molecule has 0 bridgehead atoms. The first-order valence-corrected chi connectivity index (χ1v) is 8.82. The molecule has 0 atom stereocenters. The van der Waals surface area contributed by atoms with Gasteiger partial charge in [-0.3, -0.25) is 0 Å². The maximum absolute atomic E-state index is 12.4. The Labute approximate surface area is 122 Å². The molecule has 0 aromatic heterocycles. The number of nitrogens with one attached hydrogen (secondary N) is 1. The van der Waals surface area contributed by atoms with Crippen LogP contribution in [-0.2, 0) is 22.3 Å². The average molecular weight is 296 g/mol. The third kappa shape index (κ3) is 4.04. The lowest BCUT2D eigenvalue weighted by atomic mass is 10.0. The quantitative estimate of drug-likeness (QED) is 0.904. The summed E-state index contributed by atoms with van der Waals surface area (Å²) < 4.78 is 26.4. The Morgan fingerprint density at radius 3 is 2.25 bits per heavy atom. The van der Waals surface area contributed by atoms with E-state index in [0.717, 1.165) is 24.9 Å². The van der Waals surface area contributed by atoms with Crippen LogP contribution < -0.4 is 5.32 Å². The maximum atomic E-state index is 12.4. The van der Waals surface area contributed by atoms with Crippen LogP contribution in [0.25, 0.3) is 0 Å². The summed E-state index contributed by atoms with van der Waals surface area (Å²) >= 11 is 0. The smallest absolute Gasteiger partial charge is 0.218 e. The second kappa shape index (κ2) is 6.70. The lowest BCUT2D eigenvalue weighted by Gasteiger charge is -2.29. The van der Waals surface area contributed by atoms with E-state index < -0.39 is 10.0 Å². The summed E-state index contributed by atoms with van der Waals surface area (Å²) in [7, 11) is -1.27. The highest BCUT2D eigenvalue weighted by atomic mass is 32.2. The molecule has 0 spiro atoms. The molecule has 1 aliphatic heterocycles. The molecule has 1 aromatic rings. The Bertz CT molecular complexity index is 517. The van der Waals surface area contributed by atoms with Crippen molar-refractivity contribution < 1.29 is 8.42 Å². The van der Waals surface area contributed by atoms with Crippen LogP contribution in [0, 0.1) is 5.92 Å². The Morgan fingerprint density at radius 1 is 1.15 bits per heavy atom. The van der Waals surface area contributed by atoms with Crippen molar-refractivity contribution in [2.24, 2.45) is 5.92 Å². The number of benzene rings is 1. The lowest BCUT2D eigenvalue weighted by Crippen LogP contribution is -2.38. The zero-order chi connectivity index (χ0) is 14.6. The molecular formula is C15H24N2O2S. The number of rotatable bonds is 5. The number of piperidine rings is 1. The molecule has 2 rings (SSSR count). The van der Waals surface area contributed by atoms with E-state index in [0.29, 0.717) is 19.0 Å². The van der Waals surface area contributed by atoms with Crippen molar-refractivity contribution in [3.8, 4) is 0 Å². The second-order valence-electron chi connectivity index (χ2n) is 5.68. The summed E-state index contributed by atoms with van der Waals surface area (Å²) in [6, 6.07) is 7.80. The highest BCUT2D eigenvalue weighted by molar-refractivity contribution is 7.88. The van der Waals surface area contributed by atoms with Crippen molar-refractivity contribution in [2.75, 3.05) is 20.1 Å². The van der Waals surface area contributed by atoms with Crippen LogP contribution in [0.15, 0.2) is 24.3 Å². The fourth-order valence-electron chi connectivity index (χ4n) is 2.52. The van der Waals surface area contributed by atoms with Gasteiger partial charge < -0.3 is 5.32 Å². The summed E-state index contributed by atoms with van der Waals surface area (Å²) in [5.41, 5.74) is 2.03. The average Bonchev–Trinajstić information content (AvgIpc) is 2.41. The summed E-state index contributed by atoms with van der Waals surface area (Å²) in [5, 5.41) is 3.08. The zero-order valence-corrected chi connectivity index (χ0v) is 13.1. The van der Waals surface area contributed by atoms with Gasteiger partial charge in [0.2, 0.25) is 10.0 Å². The minimum Gasteiger partial charge on any atom is -0.316 e. The first-order chi connectivity index (χ1) is 9.51. The molecule has 1 fully saturated rings. The van der Waals surface area contributed by atoms with Gasteiger partial charge in [-0.1, -0.05) is 31.2 Å². The molecule has 1 aliphatic rings. The molecule has 1 N–H and O–H groups in total. The van der Waals surface area contributed by atoms with E-state index in [-0.39, 0.29) is 5.75 Å². The van der Waals surface area contributed by atoms with Gasteiger partial charge in [0.15, 0.2) is 0 Å². The third-order valence-corrected chi connectivity index (χ3v) is 5.74. The van der Waals surface area contributed by atoms with E-state index in [1.54, 1.807) is 4.31 Å². The van der Waals surface area contributed by atoms with Gasteiger partial charge in [0, 0.05) is 19.6 Å². The van der Waals surface area contributed by atoms with Crippen LogP contribution in [-0.4, -0.2) is 32.9 Å². The minimum atomic E-state index is -3.17. The number of sulfonamides is 1. The van der Waals surface area contributed by atoms with Crippen molar-refractivity contribution in [2.45, 2.75) is 32.1 Å².